The average molecular weight is 241 g/mol. The third-order valence-corrected chi connectivity index (χ3v) is 3.13. The number of benzene rings is 2. The molecular formula is C16H19NO. The topological polar surface area (TPSA) is 46.2 Å². The van der Waals surface area contributed by atoms with Crippen molar-refractivity contribution in [3.05, 3.63) is 59.7 Å². The van der Waals surface area contributed by atoms with Crippen LogP contribution in [0.1, 0.15) is 23.6 Å². The lowest BCUT2D eigenvalue weighted by atomic mass is 9.99. The monoisotopic (exact) mass is 241 g/mol. The molecule has 0 saturated heterocycles. The molecule has 0 aliphatic carbocycles. The van der Waals surface area contributed by atoms with Gasteiger partial charge in [0.25, 0.3) is 0 Å². The molecule has 0 aliphatic heterocycles. The number of hydrogen-bond acceptors (Lipinski definition) is 2. The van der Waals surface area contributed by atoms with E-state index >= 15 is 0 Å². The van der Waals surface area contributed by atoms with Gasteiger partial charge in [0, 0.05) is 12.6 Å². The van der Waals surface area contributed by atoms with E-state index in [1.165, 1.54) is 16.7 Å². The Bertz CT molecular complexity index is 505. The first-order valence-corrected chi connectivity index (χ1v) is 6.24. The van der Waals surface area contributed by atoms with Gasteiger partial charge in [-0.1, -0.05) is 54.1 Å². The van der Waals surface area contributed by atoms with Crippen LogP contribution in [0.5, 0.6) is 0 Å². The highest BCUT2D eigenvalue weighted by molar-refractivity contribution is 5.64. The summed E-state index contributed by atoms with van der Waals surface area (Å²) in [6, 6.07) is 16.6. The molecule has 2 heteroatoms. The number of aryl methyl sites for hydroxylation is 1. The average Bonchev–Trinajstić information content (AvgIpc) is 2.39. The van der Waals surface area contributed by atoms with Gasteiger partial charge in [0.2, 0.25) is 0 Å². The van der Waals surface area contributed by atoms with E-state index in [9.17, 15) is 0 Å². The zero-order valence-electron chi connectivity index (χ0n) is 10.6. The summed E-state index contributed by atoms with van der Waals surface area (Å²) in [6.07, 6.45) is 0.601. The zero-order valence-corrected chi connectivity index (χ0v) is 10.6. The fourth-order valence-corrected chi connectivity index (χ4v) is 2.05. The number of rotatable bonds is 4. The predicted molar refractivity (Wildman–Crippen MR) is 75.2 cm³/mol. The summed E-state index contributed by atoms with van der Waals surface area (Å²) < 4.78 is 0. The highest BCUT2D eigenvalue weighted by Crippen LogP contribution is 2.23. The summed E-state index contributed by atoms with van der Waals surface area (Å²) in [5.41, 5.74) is 10.7. The molecule has 0 aliphatic rings. The fraction of sp³-hybridized carbons (Fsp3) is 0.250. The van der Waals surface area contributed by atoms with Crippen molar-refractivity contribution < 1.29 is 5.11 Å². The lowest BCUT2D eigenvalue weighted by molar-refractivity contribution is 0.276. The SMILES string of the molecule is Cc1cccc(-c2ccc(C(N)CCO)cc2)c1. The van der Waals surface area contributed by atoms with Crippen LogP contribution >= 0.6 is 0 Å². The molecule has 2 aromatic carbocycles. The minimum Gasteiger partial charge on any atom is -0.396 e. The van der Waals surface area contributed by atoms with Gasteiger partial charge in [0.05, 0.1) is 0 Å². The number of nitrogens with two attached hydrogens (primary N) is 1. The van der Waals surface area contributed by atoms with E-state index in [0.29, 0.717) is 6.42 Å². The highest BCUT2D eigenvalue weighted by Gasteiger charge is 2.05. The van der Waals surface area contributed by atoms with Gasteiger partial charge < -0.3 is 10.8 Å². The minimum atomic E-state index is -0.0819. The van der Waals surface area contributed by atoms with Crippen molar-refractivity contribution in [1.82, 2.24) is 0 Å². The molecule has 0 saturated carbocycles. The summed E-state index contributed by atoms with van der Waals surface area (Å²) in [6.45, 7) is 2.22. The van der Waals surface area contributed by atoms with Crippen LogP contribution in [0.2, 0.25) is 0 Å². The summed E-state index contributed by atoms with van der Waals surface area (Å²) >= 11 is 0. The summed E-state index contributed by atoms with van der Waals surface area (Å²) in [7, 11) is 0. The molecule has 0 spiro atoms. The standard InChI is InChI=1S/C16H19NO/c1-12-3-2-4-15(11-12)13-5-7-14(8-6-13)16(17)9-10-18/h2-8,11,16,18H,9-10,17H2,1H3. The van der Waals surface area contributed by atoms with Crippen molar-refractivity contribution in [3.63, 3.8) is 0 Å². The Morgan fingerprint density at radius 3 is 2.39 bits per heavy atom. The molecule has 0 radical (unpaired) electrons. The van der Waals surface area contributed by atoms with E-state index < -0.39 is 0 Å². The largest absolute Gasteiger partial charge is 0.396 e. The smallest absolute Gasteiger partial charge is 0.0449 e. The van der Waals surface area contributed by atoms with Crippen LogP contribution in [0.25, 0.3) is 11.1 Å². The summed E-state index contributed by atoms with van der Waals surface area (Å²) in [4.78, 5) is 0. The quantitative estimate of drug-likeness (QED) is 0.864. The van der Waals surface area contributed by atoms with Crippen LogP contribution < -0.4 is 5.73 Å². The first kappa shape index (κ1) is 12.8. The number of hydrogen-bond donors (Lipinski definition) is 2. The minimum absolute atomic E-state index is 0.0819. The van der Waals surface area contributed by atoms with Gasteiger partial charge >= 0.3 is 0 Å². The van der Waals surface area contributed by atoms with Crippen molar-refractivity contribution in [2.24, 2.45) is 5.73 Å². The van der Waals surface area contributed by atoms with E-state index in [0.717, 1.165) is 5.56 Å². The van der Waals surface area contributed by atoms with E-state index in [1.807, 2.05) is 12.1 Å². The second kappa shape index (κ2) is 5.80. The first-order chi connectivity index (χ1) is 8.70. The molecule has 1 atom stereocenters. The molecule has 94 valence electrons. The van der Waals surface area contributed by atoms with Crippen LogP contribution in [0.15, 0.2) is 48.5 Å². The van der Waals surface area contributed by atoms with Crippen LogP contribution in [0, 0.1) is 6.92 Å². The maximum Gasteiger partial charge on any atom is 0.0449 e. The van der Waals surface area contributed by atoms with E-state index in [1.54, 1.807) is 0 Å². The lowest BCUT2D eigenvalue weighted by Crippen LogP contribution is -2.11. The molecule has 3 N–H and O–H groups in total. The highest BCUT2D eigenvalue weighted by atomic mass is 16.3. The van der Waals surface area contributed by atoms with E-state index in [2.05, 4.69) is 43.3 Å². The maximum absolute atomic E-state index is 8.88. The van der Waals surface area contributed by atoms with Gasteiger partial charge in [0.1, 0.15) is 0 Å². The van der Waals surface area contributed by atoms with Gasteiger partial charge in [-0.15, -0.1) is 0 Å². The van der Waals surface area contributed by atoms with Gasteiger partial charge in [-0.05, 0) is 30.0 Å². The number of aliphatic hydroxyl groups is 1. The van der Waals surface area contributed by atoms with Crippen LogP contribution in [0.4, 0.5) is 0 Å². The molecule has 1 unspecified atom stereocenters. The third kappa shape index (κ3) is 2.97. The Labute approximate surface area is 108 Å². The Morgan fingerprint density at radius 1 is 1.06 bits per heavy atom. The maximum atomic E-state index is 8.88. The van der Waals surface area contributed by atoms with Crippen molar-refractivity contribution >= 4 is 0 Å². The normalized spacial score (nSPS) is 12.4. The molecule has 2 rings (SSSR count). The Morgan fingerprint density at radius 2 is 1.78 bits per heavy atom. The van der Waals surface area contributed by atoms with Crippen LogP contribution in [-0.2, 0) is 0 Å². The Kier molecular flexibility index (Phi) is 4.13. The first-order valence-electron chi connectivity index (χ1n) is 6.24. The molecule has 0 aromatic heterocycles. The molecule has 18 heavy (non-hydrogen) atoms. The Hall–Kier alpha value is -1.64. The van der Waals surface area contributed by atoms with Crippen LogP contribution in [-0.4, -0.2) is 11.7 Å². The molecule has 2 aromatic rings. The van der Waals surface area contributed by atoms with Gasteiger partial charge in [-0.25, -0.2) is 0 Å². The number of aliphatic hydroxyl groups excluding tert-OH is 1. The van der Waals surface area contributed by atoms with E-state index in [4.69, 9.17) is 10.8 Å². The zero-order chi connectivity index (χ0) is 13.0. The van der Waals surface area contributed by atoms with Crippen molar-refractivity contribution in [2.45, 2.75) is 19.4 Å². The third-order valence-electron chi connectivity index (χ3n) is 3.13. The predicted octanol–water partition coefficient (Wildman–Crippen LogP) is 3.04. The van der Waals surface area contributed by atoms with Gasteiger partial charge in [-0.3, -0.25) is 0 Å². The fourth-order valence-electron chi connectivity index (χ4n) is 2.05. The van der Waals surface area contributed by atoms with Gasteiger partial charge in [-0.2, -0.15) is 0 Å². The van der Waals surface area contributed by atoms with Crippen molar-refractivity contribution in [1.29, 1.82) is 0 Å². The van der Waals surface area contributed by atoms with Gasteiger partial charge in [0.15, 0.2) is 0 Å². The molecule has 0 heterocycles. The van der Waals surface area contributed by atoms with Crippen molar-refractivity contribution in [3.8, 4) is 11.1 Å². The second-order valence-electron chi connectivity index (χ2n) is 4.61. The summed E-state index contributed by atoms with van der Waals surface area (Å²) in [5.74, 6) is 0. The second-order valence-corrected chi connectivity index (χ2v) is 4.61. The molecule has 0 bridgehead atoms. The Balaban J connectivity index is 2.22. The molecular weight excluding hydrogens is 222 g/mol. The van der Waals surface area contributed by atoms with E-state index in [-0.39, 0.29) is 12.6 Å². The van der Waals surface area contributed by atoms with Crippen molar-refractivity contribution in [2.75, 3.05) is 6.61 Å². The van der Waals surface area contributed by atoms with Crippen LogP contribution in [0.3, 0.4) is 0 Å². The molecule has 2 nitrogen and oxygen atoms in total. The molecule has 0 fully saturated rings. The summed E-state index contributed by atoms with van der Waals surface area (Å²) in [5, 5.41) is 8.88. The lowest BCUT2D eigenvalue weighted by Gasteiger charge is -2.11. The molecule has 0 amide bonds.